The van der Waals surface area contributed by atoms with Gasteiger partial charge in [0, 0.05) is 62.0 Å². The number of rotatable bonds is 8. The van der Waals surface area contributed by atoms with Crippen molar-refractivity contribution in [1.82, 2.24) is 9.80 Å². The molecule has 2 aromatic carbocycles. The number of fused-ring (bicyclic) bond motifs is 1. The van der Waals surface area contributed by atoms with Crippen LogP contribution in [0.15, 0.2) is 52.3 Å². The second kappa shape index (κ2) is 9.86. The van der Waals surface area contributed by atoms with Crippen LogP contribution >= 0.6 is 11.8 Å². The summed E-state index contributed by atoms with van der Waals surface area (Å²) in [6, 6.07) is 13.8. The number of hydrogen-bond acceptors (Lipinski definition) is 6. The van der Waals surface area contributed by atoms with E-state index in [9.17, 15) is 8.42 Å². The molecule has 0 bridgehead atoms. The quantitative estimate of drug-likeness (QED) is 0.528. The van der Waals surface area contributed by atoms with Crippen molar-refractivity contribution in [2.75, 3.05) is 55.9 Å². The maximum absolute atomic E-state index is 13.3. The molecule has 178 valence electrons. The van der Waals surface area contributed by atoms with Crippen LogP contribution in [0.1, 0.15) is 24.8 Å². The summed E-state index contributed by atoms with van der Waals surface area (Å²) in [5.41, 5.74) is 1.77. The molecule has 0 unspecified atom stereocenters. The van der Waals surface area contributed by atoms with Crippen molar-refractivity contribution >= 4 is 27.5 Å². The van der Waals surface area contributed by atoms with Crippen LogP contribution in [0.4, 0.5) is 5.69 Å². The Morgan fingerprint density at radius 3 is 2.48 bits per heavy atom. The maximum atomic E-state index is 13.3. The van der Waals surface area contributed by atoms with Crippen molar-refractivity contribution in [3.8, 4) is 5.75 Å². The molecular weight excluding hydrogens is 454 g/mol. The van der Waals surface area contributed by atoms with Gasteiger partial charge in [0.15, 0.2) is 0 Å². The summed E-state index contributed by atoms with van der Waals surface area (Å²) in [4.78, 5) is 6.48. The molecule has 3 aliphatic rings. The van der Waals surface area contributed by atoms with E-state index in [4.69, 9.17) is 4.74 Å². The molecule has 2 fully saturated rings. The van der Waals surface area contributed by atoms with E-state index in [1.54, 1.807) is 23.9 Å². The molecule has 0 aromatic heterocycles. The largest absolute Gasteiger partial charge is 0.493 e. The van der Waals surface area contributed by atoms with Gasteiger partial charge in [0.2, 0.25) is 0 Å². The number of ether oxygens (including phenoxy) is 1. The maximum Gasteiger partial charge on any atom is 0.264 e. The average Bonchev–Trinajstić information content (AvgIpc) is 3.68. The van der Waals surface area contributed by atoms with Gasteiger partial charge in [-0.2, -0.15) is 0 Å². The molecule has 0 spiro atoms. The minimum atomic E-state index is -3.60. The van der Waals surface area contributed by atoms with E-state index in [-0.39, 0.29) is 0 Å². The molecule has 5 rings (SSSR count). The molecule has 0 atom stereocenters. The Balaban J connectivity index is 1.19. The number of thioether (sulfide) groups is 1. The minimum Gasteiger partial charge on any atom is -0.493 e. The molecule has 0 radical (unpaired) electrons. The van der Waals surface area contributed by atoms with E-state index < -0.39 is 10.0 Å². The van der Waals surface area contributed by atoms with Gasteiger partial charge in [0.1, 0.15) is 5.75 Å². The molecule has 6 nitrogen and oxygen atoms in total. The first-order chi connectivity index (χ1) is 16.0. The smallest absolute Gasteiger partial charge is 0.264 e. The Kier molecular flexibility index (Phi) is 6.88. The molecule has 2 heterocycles. The van der Waals surface area contributed by atoms with E-state index in [1.165, 1.54) is 30.2 Å². The monoisotopic (exact) mass is 487 g/mol. The van der Waals surface area contributed by atoms with Gasteiger partial charge in [0.25, 0.3) is 10.0 Å². The fraction of sp³-hybridized carbons (Fsp3) is 0.520. The number of sulfonamides is 1. The summed E-state index contributed by atoms with van der Waals surface area (Å²) in [6.45, 7) is 8.80. The Labute approximate surface area is 201 Å². The van der Waals surface area contributed by atoms with E-state index in [1.807, 2.05) is 37.3 Å². The van der Waals surface area contributed by atoms with Gasteiger partial charge in [-0.25, -0.2) is 8.42 Å². The summed E-state index contributed by atoms with van der Waals surface area (Å²) in [5, 5.41) is 0. The Morgan fingerprint density at radius 2 is 1.76 bits per heavy atom. The first kappa shape index (κ1) is 23.0. The highest BCUT2D eigenvalue weighted by molar-refractivity contribution is 8.00. The third-order valence-electron chi connectivity index (χ3n) is 6.72. The summed E-state index contributed by atoms with van der Waals surface area (Å²) in [6.07, 6.45) is 3.74. The fourth-order valence-corrected chi connectivity index (χ4v) is 7.24. The van der Waals surface area contributed by atoms with Crippen LogP contribution < -0.4 is 9.04 Å². The molecule has 1 saturated carbocycles. The highest BCUT2D eigenvalue weighted by Crippen LogP contribution is 2.40. The predicted octanol–water partition coefficient (Wildman–Crippen LogP) is 3.84. The van der Waals surface area contributed by atoms with Crippen LogP contribution in [-0.4, -0.2) is 75.9 Å². The van der Waals surface area contributed by atoms with Crippen LogP contribution in [-0.2, 0) is 10.0 Å². The fourth-order valence-electron chi connectivity index (χ4n) is 4.62. The minimum absolute atomic E-state index is 0.332. The zero-order valence-corrected chi connectivity index (χ0v) is 20.9. The molecule has 0 N–H and O–H groups in total. The van der Waals surface area contributed by atoms with Gasteiger partial charge in [-0.3, -0.25) is 9.21 Å². The second-order valence-electron chi connectivity index (χ2n) is 9.18. The van der Waals surface area contributed by atoms with Gasteiger partial charge in [0.05, 0.1) is 17.2 Å². The van der Waals surface area contributed by atoms with Crippen LogP contribution in [0.3, 0.4) is 0 Å². The molecule has 8 heteroatoms. The van der Waals surface area contributed by atoms with E-state index >= 15 is 0 Å². The Hall–Kier alpha value is -1.74. The standard InChI is InChI=1S/C25H33N3O3S2/c1-20-3-8-23(9-4-20)33(29,30)28-16-18-32-25-10-7-22(19-24(25)28)31-17-2-11-26-12-14-27(15-13-26)21-5-6-21/h3-4,7-10,19,21H,2,5-6,11-18H2,1H3. The number of hydrogen-bond donors (Lipinski definition) is 0. The normalized spacial score (nSPS) is 20.0. The summed E-state index contributed by atoms with van der Waals surface area (Å²) in [7, 11) is -3.60. The zero-order chi connectivity index (χ0) is 22.8. The average molecular weight is 488 g/mol. The third-order valence-corrected chi connectivity index (χ3v) is 9.59. The van der Waals surface area contributed by atoms with E-state index in [0.29, 0.717) is 18.0 Å². The number of nitrogens with zero attached hydrogens (tertiary/aromatic N) is 3. The van der Waals surface area contributed by atoms with E-state index in [2.05, 4.69) is 9.80 Å². The third kappa shape index (κ3) is 5.34. The second-order valence-corrected chi connectivity index (χ2v) is 12.2. The molecular formula is C25H33N3O3S2. The summed E-state index contributed by atoms with van der Waals surface area (Å²) < 4.78 is 34.3. The van der Waals surface area contributed by atoms with Crippen molar-refractivity contribution in [3.05, 3.63) is 48.0 Å². The lowest BCUT2D eigenvalue weighted by molar-refractivity contribution is 0.121. The van der Waals surface area contributed by atoms with Gasteiger partial charge >= 0.3 is 0 Å². The van der Waals surface area contributed by atoms with Crippen LogP contribution in [0, 0.1) is 6.92 Å². The van der Waals surface area contributed by atoms with Gasteiger partial charge in [-0.05, 0) is 50.5 Å². The van der Waals surface area contributed by atoms with Gasteiger partial charge < -0.3 is 9.64 Å². The first-order valence-corrected chi connectivity index (χ1v) is 14.4. The van der Waals surface area contributed by atoms with Crippen molar-refractivity contribution in [3.63, 3.8) is 0 Å². The van der Waals surface area contributed by atoms with Gasteiger partial charge in [-0.1, -0.05) is 17.7 Å². The number of benzene rings is 2. The summed E-state index contributed by atoms with van der Waals surface area (Å²) >= 11 is 1.70. The van der Waals surface area contributed by atoms with Crippen LogP contribution in [0.25, 0.3) is 0 Å². The Morgan fingerprint density at radius 1 is 1.00 bits per heavy atom. The zero-order valence-electron chi connectivity index (χ0n) is 19.3. The number of anilines is 1. The van der Waals surface area contributed by atoms with Crippen LogP contribution in [0.5, 0.6) is 5.75 Å². The first-order valence-electron chi connectivity index (χ1n) is 12.0. The van der Waals surface area contributed by atoms with Crippen LogP contribution in [0.2, 0.25) is 0 Å². The SMILES string of the molecule is Cc1ccc(S(=O)(=O)N2CCSc3ccc(OCCCN4CCN(C5CC5)CC4)cc32)cc1. The molecule has 1 aliphatic carbocycles. The van der Waals surface area contributed by atoms with Crippen molar-refractivity contribution in [2.45, 2.75) is 42.0 Å². The molecule has 33 heavy (non-hydrogen) atoms. The highest BCUT2D eigenvalue weighted by Gasteiger charge is 2.31. The van der Waals surface area contributed by atoms with Crippen molar-refractivity contribution in [1.29, 1.82) is 0 Å². The Bertz CT molecular complexity index is 1060. The number of aryl methyl sites for hydroxylation is 1. The highest BCUT2D eigenvalue weighted by atomic mass is 32.2. The lowest BCUT2D eigenvalue weighted by atomic mass is 10.2. The topological polar surface area (TPSA) is 53.1 Å². The predicted molar refractivity (Wildman–Crippen MR) is 134 cm³/mol. The molecule has 2 aliphatic heterocycles. The molecule has 2 aromatic rings. The van der Waals surface area contributed by atoms with Crippen molar-refractivity contribution in [2.24, 2.45) is 0 Å². The summed E-state index contributed by atoms with van der Waals surface area (Å²) in [5.74, 6) is 1.48. The molecule has 1 saturated heterocycles. The molecule has 0 amide bonds. The van der Waals surface area contributed by atoms with E-state index in [0.717, 1.165) is 59.7 Å². The van der Waals surface area contributed by atoms with Crippen molar-refractivity contribution < 1.29 is 13.2 Å². The van der Waals surface area contributed by atoms with Gasteiger partial charge in [-0.15, -0.1) is 11.8 Å². The lowest BCUT2D eigenvalue weighted by Gasteiger charge is -2.34. The lowest BCUT2D eigenvalue weighted by Crippen LogP contribution is -2.47. The number of piperazine rings is 1.